The van der Waals surface area contributed by atoms with Gasteiger partial charge in [-0.2, -0.15) is 4.98 Å². The van der Waals surface area contributed by atoms with E-state index in [2.05, 4.69) is 10.1 Å². The van der Waals surface area contributed by atoms with Crippen molar-refractivity contribution >= 4 is 28.5 Å². The summed E-state index contributed by atoms with van der Waals surface area (Å²) in [5.74, 6) is 0.895. The van der Waals surface area contributed by atoms with E-state index in [0.717, 1.165) is 10.9 Å². The molecule has 0 radical (unpaired) electrons. The summed E-state index contributed by atoms with van der Waals surface area (Å²) in [6, 6.07) is 3.20. The first-order valence-electron chi connectivity index (χ1n) is 9.17. The number of benzene rings is 1. The summed E-state index contributed by atoms with van der Waals surface area (Å²) in [4.78, 5) is 30.2. The standard InChI is InChI=1S/C20H22ClN3O5/c1-6-17-22-18(29-23-17)9-24(5)19(25)12(4)27-16-8-15-13(7-14(16)21)10(2)11(3)20(26)28-15/h7-8,12H,6,9H2,1-5H3. The number of aromatic nitrogens is 2. The molecule has 0 saturated heterocycles. The van der Waals surface area contributed by atoms with E-state index in [0.29, 0.717) is 34.3 Å². The van der Waals surface area contributed by atoms with E-state index < -0.39 is 11.7 Å². The molecule has 1 amide bonds. The van der Waals surface area contributed by atoms with Gasteiger partial charge in [-0.1, -0.05) is 23.7 Å². The minimum atomic E-state index is -0.832. The van der Waals surface area contributed by atoms with Gasteiger partial charge in [0, 0.05) is 30.5 Å². The Morgan fingerprint density at radius 3 is 2.69 bits per heavy atom. The Bertz CT molecular complexity index is 1120. The Kier molecular flexibility index (Phi) is 5.93. The van der Waals surface area contributed by atoms with Gasteiger partial charge >= 0.3 is 5.63 Å². The molecule has 0 bridgehead atoms. The number of ether oxygens (including phenoxy) is 1. The molecule has 2 aromatic heterocycles. The molecule has 0 aliphatic rings. The van der Waals surface area contributed by atoms with E-state index in [9.17, 15) is 9.59 Å². The van der Waals surface area contributed by atoms with Crippen molar-refractivity contribution in [2.45, 2.75) is 46.8 Å². The number of likely N-dealkylation sites (N-methyl/N-ethyl adjacent to an activating group) is 1. The molecule has 1 atom stereocenters. The normalized spacial score (nSPS) is 12.2. The van der Waals surface area contributed by atoms with E-state index in [-0.39, 0.29) is 18.2 Å². The maximum atomic E-state index is 12.7. The first-order chi connectivity index (χ1) is 13.7. The third kappa shape index (κ3) is 4.27. The Labute approximate surface area is 172 Å². The van der Waals surface area contributed by atoms with Crippen molar-refractivity contribution in [2.24, 2.45) is 0 Å². The number of halogens is 1. The second kappa shape index (κ2) is 8.24. The fourth-order valence-electron chi connectivity index (χ4n) is 2.86. The molecule has 3 rings (SSSR count). The van der Waals surface area contributed by atoms with Crippen LogP contribution >= 0.6 is 11.6 Å². The van der Waals surface area contributed by atoms with Crippen molar-refractivity contribution in [3.8, 4) is 5.75 Å². The van der Waals surface area contributed by atoms with Crippen LogP contribution in [-0.4, -0.2) is 34.1 Å². The Balaban J connectivity index is 1.78. The number of carbonyl (C=O) groups is 1. The maximum Gasteiger partial charge on any atom is 0.339 e. The van der Waals surface area contributed by atoms with E-state index in [1.54, 1.807) is 27.0 Å². The number of rotatable bonds is 6. The van der Waals surface area contributed by atoms with Crippen molar-refractivity contribution in [3.05, 3.63) is 50.4 Å². The number of fused-ring (bicyclic) bond motifs is 1. The highest BCUT2D eigenvalue weighted by Crippen LogP contribution is 2.32. The summed E-state index contributed by atoms with van der Waals surface area (Å²) in [7, 11) is 1.62. The van der Waals surface area contributed by atoms with Crippen LogP contribution in [0.1, 0.15) is 36.7 Å². The van der Waals surface area contributed by atoms with Gasteiger partial charge in [-0.15, -0.1) is 0 Å². The van der Waals surface area contributed by atoms with Gasteiger partial charge in [-0.05, 0) is 32.4 Å². The molecule has 0 spiro atoms. The van der Waals surface area contributed by atoms with Crippen LogP contribution in [0.4, 0.5) is 0 Å². The van der Waals surface area contributed by atoms with Gasteiger partial charge in [-0.25, -0.2) is 4.79 Å². The summed E-state index contributed by atoms with van der Waals surface area (Å²) in [6.07, 6.45) is -0.183. The Morgan fingerprint density at radius 2 is 2.03 bits per heavy atom. The molecule has 9 heteroatoms. The molecule has 1 aromatic carbocycles. The van der Waals surface area contributed by atoms with Crippen molar-refractivity contribution in [2.75, 3.05) is 7.05 Å². The zero-order valence-electron chi connectivity index (χ0n) is 16.9. The van der Waals surface area contributed by atoms with Crippen LogP contribution in [0.5, 0.6) is 5.75 Å². The van der Waals surface area contributed by atoms with E-state index in [1.165, 1.54) is 11.0 Å². The van der Waals surface area contributed by atoms with Crippen LogP contribution in [0.3, 0.4) is 0 Å². The molecule has 1 unspecified atom stereocenters. The van der Waals surface area contributed by atoms with E-state index in [1.807, 2.05) is 13.8 Å². The lowest BCUT2D eigenvalue weighted by Crippen LogP contribution is -2.37. The third-order valence-corrected chi connectivity index (χ3v) is 5.03. The van der Waals surface area contributed by atoms with Crippen LogP contribution in [0.2, 0.25) is 5.02 Å². The fraction of sp³-hybridized carbons (Fsp3) is 0.400. The number of aryl methyl sites for hydroxylation is 2. The summed E-state index contributed by atoms with van der Waals surface area (Å²) >= 11 is 6.34. The molecule has 29 heavy (non-hydrogen) atoms. The van der Waals surface area contributed by atoms with E-state index in [4.69, 9.17) is 25.3 Å². The third-order valence-electron chi connectivity index (χ3n) is 4.74. The monoisotopic (exact) mass is 419 g/mol. The summed E-state index contributed by atoms with van der Waals surface area (Å²) < 4.78 is 16.2. The molecule has 0 aliphatic heterocycles. The molecular formula is C20H22ClN3O5. The smallest absolute Gasteiger partial charge is 0.339 e. The van der Waals surface area contributed by atoms with E-state index >= 15 is 0 Å². The molecule has 3 aromatic rings. The highest BCUT2D eigenvalue weighted by atomic mass is 35.5. The van der Waals surface area contributed by atoms with Crippen molar-refractivity contribution in [1.82, 2.24) is 15.0 Å². The zero-order chi connectivity index (χ0) is 21.3. The van der Waals surface area contributed by atoms with Crippen molar-refractivity contribution < 1.29 is 18.5 Å². The molecule has 0 saturated carbocycles. The zero-order valence-corrected chi connectivity index (χ0v) is 17.7. The second-order valence-corrected chi connectivity index (χ2v) is 7.24. The largest absolute Gasteiger partial charge is 0.479 e. The molecule has 0 fully saturated rings. The minimum Gasteiger partial charge on any atom is -0.479 e. The lowest BCUT2D eigenvalue weighted by atomic mass is 10.1. The number of hydrogen-bond donors (Lipinski definition) is 0. The average molecular weight is 420 g/mol. The Hall–Kier alpha value is -2.87. The number of nitrogens with zero attached hydrogens (tertiary/aromatic N) is 3. The highest BCUT2D eigenvalue weighted by Gasteiger charge is 2.23. The van der Waals surface area contributed by atoms with Crippen LogP contribution in [0, 0.1) is 13.8 Å². The number of carbonyl (C=O) groups excluding carboxylic acids is 1. The van der Waals surface area contributed by atoms with Gasteiger partial charge in [0.15, 0.2) is 11.9 Å². The Morgan fingerprint density at radius 1 is 1.31 bits per heavy atom. The molecular weight excluding hydrogens is 398 g/mol. The van der Waals surface area contributed by atoms with Gasteiger partial charge in [0.25, 0.3) is 5.91 Å². The van der Waals surface area contributed by atoms with Crippen LogP contribution in [0.15, 0.2) is 25.9 Å². The van der Waals surface area contributed by atoms with Gasteiger partial charge in [0.2, 0.25) is 5.89 Å². The predicted octanol–water partition coefficient (Wildman–Crippen LogP) is 3.43. The van der Waals surface area contributed by atoms with Crippen molar-refractivity contribution in [3.63, 3.8) is 0 Å². The maximum absolute atomic E-state index is 12.7. The van der Waals surface area contributed by atoms with Crippen LogP contribution < -0.4 is 10.4 Å². The minimum absolute atomic E-state index is 0.165. The van der Waals surface area contributed by atoms with Gasteiger partial charge in [0.05, 0.1) is 11.6 Å². The summed E-state index contributed by atoms with van der Waals surface area (Å²) in [6.45, 7) is 7.22. The van der Waals surface area contributed by atoms with Gasteiger partial charge in [-0.3, -0.25) is 4.79 Å². The topological polar surface area (TPSA) is 98.7 Å². The van der Waals surface area contributed by atoms with Crippen molar-refractivity contribution in [1.29, 1.82) is 0 Å². The fourth-order valence-corrected chi connectivity index (χ4v) is 3.07. The van der Waals surface area contributed by atoms with Gasteiger partial charge < -0.3 is 18.6 Å². The molecule has 8 nitrogen and oxygen atoms in total. The second-order valence-electron chi connectivity index (χ2n) is 6.83. The molecule has 154 valence electrons. The first-order valence-corrected chi connectivity index (χ1v) is 9.55. The average Bonchev–Trinajstić information content (AvgIpc) is 3.14. The SMILES string of the molecule is CCc1noc(CN(C)C(=O)C(C)Oc2cc3oc(=O)c(C)c(C)c3cc2Cl)n1. The summed E-state index contributed by atoms with van der Waals surface area (Å²) in [5.41, 5.74) is 1.25. The predicted molar refractivity (Wildman–Crippen MR) is 107 cm³/mol. The number of amides is 1. The van der Waals surface area contributed by atoms with Crippen LogP contribution in [0.25, 0.3) is 11.0 Å². The highest BCUT2D eigenvalue weighted by molar-refractivity contribution is 6.32. The molecule has 0 aliphatic carbocycles. The number of hydrogen-bond acceptors (Lipinski definition) is 7. The molecule has 0 N–H and O–H groups in total. The quantitative estimate of drug-likeness (QED) is 0.564. The van der Waals surface area contributed by atoms with Crippen LogP contribution in [-0.2, 0) is 17.8 Å². The first kappa shape index (κ1) is 20.9. The lowest BCUT2D eigenvalue weighted by Gasteiger charge is -2.21. The lowest BCUT2D eigenvalue weighted by molar-refractivity contribution is -0.137. The van der Waals surface area contributed by atoms with Gasteiger partial charge in [0.1, 0.15) is 11.3 Å². The summed E-state index contributed by atoms with van der Waals surface area (Å²) in [5, 5.41) is 4.85. The molecule has 2 heterocycles.